The summed E-state index contributed by atoms with van der Waals surface area (Å²) in [4.78, 5) is 16.1. The van der Waals surface area contributed by atoms with Crippen LogP contribution in [-0.4, -0.2) is 19.5 Å². The van der Waals surface area contributed by atoms with E-state index < -0.39 is 0 Å². The first-order chi connectivity index (χ1) is 29.2. The SMILES string of the molecule is c1ccc(-c2nc(-c3cccc4oc5ccccc5c34)nc(-c3c(-n4c5cc6ccccc6cc5c5c6ccccc6ccc54)ccc4oc5ccccc5c34)n2)cc1. The van der Waals surface area contributed by atoms with Gasteiger partial charge in [0.05, 0.1) is 22.3 Å². The molecule has 0 atom stereocenters. The van der Waals surface area contributed by atoms with Crippen molar-refractivity contribution in [2.24, 2.45) is 0 Å². The van der Waals surface area contributed by atoms with Crippen LogP contribution in [0.3, 0.4) is 0 Å². The summed E-state index contributed by atoms with van der Waals surface area (Å²) in [6, 6.07) is 63.2. The first kappa shape index (κ1) is 32.0. The zero-order chi connectivity index (χ0) is 38.6. The molecule has 6 heteroatoms. The highest BCUT2D eigenvalue weighted by Crippen LogP contribution is 2.45. The molecule has 0 amide bonds. The van der Waals surface area contributed by atoms with Crippen LogP contribution in [0.4, 0.5) is 0 Å². The molecule has 0 unspecified atom stereocenters. The van der Waals surface area contributed by atoms with Crippen LogP contribution in [0.1, 0.15) is 0 Å². The number of fused-ring (bicyclic) bond motifs is 12. The number of para-hydroxylation sites is 2. The van der Waals surface area contributed by atoms with Gasteiger partial charge in [-0.2, -0.15) is 0 Å². The molecule has 0 N–H and O–H groups in total. The normalized spacial score (nSPS) is 12.1. The molecule has 0 saturated carbocycles. The van der Waals surface area contributed by atoms with Gasteiger partial charge in [-0.1, -0.05) is 133 Å². The van der Waals surface area contributed by atoms with Gasteiger partial charge in [0.1, 0.15) is 22.3 Å². The summed E-state index contributed by atoms with van der Waals surface area (Å²) in [5.41, 5.74) is 8.90. The maximum atomic E-state index is 6.61. The Morgan fingerprint density at radius 2 is 0.966 bits per heavy atom. The number of hydrogen-bond acceptors (Lipinski definition) is 5. The van der Waals surface area contributed by atoms with E-state index >= 15 is 0 Å². The maximum Gasteiger partial charge on any atom is 0.166 e. The lowest BCUT2D eigenvalue weighted by Gasteiger charge is -2.16. The molecule has 0 saturated heterocycles. The largest absolute Gasteiger partial charge is 0.456 e. The van der Waals surface area contributed by atoms with Gasteiger partial charge < -0.3 is 13.4 Å². The number of nitrogens with zero attached hydrogens (tertiary/aromatic N) is 4. The van der Waals surface area contributed by atoms with E-state index in [1.165, 1.54) is 32.3 Å². The quantitative estimate of drug-likeness (QED) is 0.179. The number of benzene rings is 9. The van der Waals surface area contributed by atoms with E-state index in [1.54, 1.807) is 0 Å². The van der Waals surface area contributed by atoms with Crippen LogP contribution in [-0.2, 0) is 0 Å². The Morgan fingerprint density at radius 1 is 0.356 bits per heavy atom. The Kier molecular flexibility index (Phi) is 6.63. The third-order valence-electron chi connectivity index (χ3n) is 11.8. The van der Waals surface area contributed by atoms with Crippen LogP contribution in [0.15, 0.2) is 191 Å². The molecule has 6 nitrogen and oxygen atoms in total. The lowest BCUT2D eigenvalue weighted by Crippen LogP contribution is -2.04. The third kappa shape index (κ3) is 4.71. The number of furan rings is 2. The molecule has 0 aliphatic carbocycles. The predicted molar refractivity (Wildman–Crippen MR) is 240 cm³/mol. The first-order valence-corrected chi connectivity index (χ1v) is 19.8. The minimum absolute atomic E-state index is 0.544. The van der Waals surface area contributed by atoms with Crippen LogP contribution >= 0.6 is 0 Å². The van der Waals surface area contributed by atoms with Gasteiger partial charge in [0.15, 0.2) is 17.5 Å². The molecule has 4 heterocycles. The summed E-state index contributed by atoms with van der Waals surface area (Å²) in [5, 5.41) is 11.0. The summed E-state index contributed by atoms with van der Waals surface area (Å²) in [5.74, 6) is 1.67. The van der Waals surface area contributed by atoms with E-state index in [0.717, 1.165) is 77.3 Å². The van der Waals surface area contributed by atoms with Gasteiger partial charge in [0, 0.05) is 43.4 Å². The Morgan fingerprint density at radius 3 is 1.76 bits per heavy atom. The summed E-state index contributed by atoms with van der Waals surface area (Å²) in [6.07, 6.45) is 0. The van der Waals surface area contributed by atoms with Gasteiger partial charge in [0.2, 0.25) is 0 Å². The fraction of sp³-hybridized carbons (Fsp3) is 0. The Hall–Kier alpha value is -8.09. The number of aromatic nitrogens is 4. The predicted octanol–water partition coefficient (Wildman–Crippen LogP) is 14.1. The molecule has 0 spiro atoms. The Bertz CT molecular complexity index is 3860. The van der Waals surface area contributed by atoms with Crippen LogP contribution in [0.5, 0.6) is 0 Å². The van der Waals surface area contributed by atoms with Gasteiger partial charge in [-0.3, -0.25) is 0 Å². The van der Waals surface area contributed by atoms with Gasteiger partial charge in [0.25, 0.3) is 0 Å². The van der Waals surface area contributed by atoms with Crippen molar-refractivity contribution >= 4 is 87.2 Å². The molecular weight excluding hydrogens is 725 g/mol. The molecule has 0 radical (unpaired) electrons. The third-order valence-corrected chi connectivity index (χ3v) is 11.8. The fourth-order valence-corrected chi connectivity index (χ4v) is 9.24. The average Bonchev–Trinajstić information content (AvgIpc) is 3.97. The van der Waals surface area contributed by atoms with Crippen molar-refractivity contribution in [2.45, 2.75) is 0 Å². The van der Waals surface area contributed by atoms with Crippen LogP contribution in [0, 0.1) is 0 Å². The van der Waals surface area contributed by atoms with E-state index in [4.69, 9.17) is 23.8 Å². The Labute approximate surface area is 336 Å². The van der Waals surface area contributed by atoms with Crippen LogP contribution < -0.4 is 0 Å². The summed E-state index contributed by atoms with van der Waals surface area (Å²) >= 11 is 0. The molecule has 0 fully saturated rings. The first-order valence-electron chi connectivity index (χ1n) is 19.8. The molecule has 0 aliphatic rings. The molecule has 59 heavy (non-hydrogen) atoms. The zero-order valence-electron chi connectivity index (χ0n) is 31.4. The second kappa shape index (κ2) is 12.2. The van der Waals surface area contributed by atoms with Crippen molar-refractivity contribution in [3.8, 4) is 39.9 Å². The summed E-state index contributed by atoms with van der Waals surface area (Å²) in [7, 11) is 0. The zero-order valence-corrected chi connectivity index (χ0v) is 31.4. The van der Waals surface area contributed by atoms with Crippen LogP contribution in [0.2, 0.25) is 0 Å². The lowest BCUT2D eigenvalue weighted by atomic mass is 10.0. The number of rotatable bonds is 4. The smallest absolute Gasteiger partial charge is 0.166 e. The number of hydrogen-bond donors (Lipinski definition) is 0. The molecule has 274 valence electrons. The van der Waals surface area contributed by atoms with Gasteiger partial charge >= 0.3 is 0 Å². The highest BCUT2D eigenvalue weighted by atomic mass is 16.3. The minimum atomic E-state index is 0.544. The molecule has 9 aromatic carbocycles. The minimum Gasteiger partial charge on any atom is -0.456 e. The molecule has 0 aliphatic heterocycles. The highest BCUT2D eigenvalue weighted by molar-refractivity contribution is 6.24. The Balaban J connectivity index is 1.21. The van der Waals surface area contributed by atoms with Crippen LogP contribution in [0.25, 0.3) is 127 Å². The van der Waals surface area contributed by atoms with E-state index in [1.807, 2.05) is 60.7 Å². The lowest BCUT2D eigenvalue weighted by molar-refractivity contribution is 0.668. The summed E-state index contributed by atoms with van der Waals surface area (Å²) in [6.45, 7) is 0. The molecule has 4 aromatic heterocycles. The van der Waals surface area contributed by atoms with Crippen molar-refractivity contribution in [2.75, 3.05) is 0 Å². The molecule has 13 aromatic rings. The average molecular weight is 755 g/mol. The van der Waals surface area contributed by atoms with Gasteiger partial charge in [-0.25, -0.2) is 15.0 Å². The van der Waals surface area contributed by atoms with Crippen molar-refractivity contribution in [1.29, 1.82) is 0 Å². The highest BCUT2D eigenvalue weighted by Gasteiger charge is 2.26. The van der Waals surface area contributed by atoms with Crippen molar-refractivity contribution in [3.05, 3.63) is 182 Å². The van der Waals surface area contributed by atoms with E-state index in [0.29, 0.717) is 17.5 Å². The second-order valence-electron chi connectivity index (χ2n) is 15.1. The summed E-state index contributed by atoms with van der Waals surface area (Å²) < 4.78 is 15.4. The van der Waals surface area contributed by atoms with E-state index in [2.05, 4.69) is 126 Å². The second-order valence-corrected chi connectivity index (χ2v) is 15.1. The van der Waals surface area contributed by atoms with Crippen molar-refractivity contribution in [3.63, 3.8) is 0 Å². The maximum absolute atomic E-state index is 6.61. The molecule has 13 rings (SSSR count). The molecule has 0 bridgehead atoms. The van der Waals surface area contributed by atoms with Crippen molar-refractivity contribution in [1.82, 2.24) is 19.5 Å². The topological polar surface area (TPSA) is 69.9 Å². The van der Waals surface area contributed by atoms with E-state index in [-0.39, 0.29) is 0 Å². The standard InChI is InChI=1S/C53H30N4O2/c1-2-14-32(15-3-1)51-54-52(38-21-12-24-45-48(38)36-19-8-10-22-43(36)58-45)56-53(55-51)50-41(27-28-46-49(50)37-20-9-11-23-44(37)59-46)57-40-26-25-31-13-6-7-18-35(31)47(40)39-29-33-16-4-5-17-34(33)30-42(39)57/h1-30H. The van der Waals surface area contributed by atoms with Gasteiger partial charge in [-0.05, 0) is 70.1 Å². The van der Waals surface area contributed by atoms with Gasteiger partial charge in [-0.15, -0.1) is 0 Å². The van der Waals surface area contributed by atoms with Crippen molar-refractivity contribution < 1.29 is 8.83 Å². The monoisotopic (exact) mass is 754 g/mol. The van der Waals surface area contributed by atoms with E-state index in [9.17, 15) is 0 Å². The fourth-order valence-electron chi connectivity index (χ4n) is 9.24. The molecular formula is C53H30N4O2.